The minimum absolute atomic E-state index is 0.0493. The fraction of sp³-hybridized carbons (Fsp3) is 0.421. The van der Waals surface area contributed by atoms with E-state index in [1.807, 2.05) is 13.0 Å². The Hall–Kier alpha value is -2.83. The van der Waals surface area contributed by atoms with Crippen LogP contribution in [0.4, 0.5) is 0 Å². The van der Waals surface area contributed by atoms with E-state index in [2.05, 4.69) is 5.32 Å². The average molecular weight is 360 g/mol. The van der Waals surface area contributed by atoms with Crippen molar-refractivity contribution >= 4 is 22.8 Å². The zero-order valence-electron chi connectivity index (χ0n) is 15.5. The Labute approximate surface area is 151 Å². The van der Waals surface area contributed by atoms with Gasteiger partial charge in [0.1, 0.15) is 11.3 Å². The van der Waals surface area contributed by atoms with Crippen LogP contribution in [-0.2, 0) is 16.0 Å². The first kappa shape index (κ1) is 19.5. The monoisotopic (exact) mass is 360 g/mol. The number of nitrogens with zero attached hydrogens (tertiary/aromatic N) is 1. The second kappa shape index (κ2) is 8.51. The van der Waals surface area contributed by atoms with Gasteiger partial charge in [0, 0.05) is 50.5 Å². The second-order valence-electron chi connectivity index (χ2n) is 6.24. The predicted molar refractivity (Wildman–Crippen MR) is 98.4 cm³/mol. The molecular weight excluding hydrogens is 336 g/mol. The lowest BCUT2D eigenvalue weighted by molar-refractivity contribution is -0.128. The minimum atomic E-state index is -0.446. The van der Waals surface area contributed by atoms with Crippen LogP contribution in [-0.4, -0.2) is 44.5 Å². The Bertz CT molecular complexity index is 870. The summed E-state index contributed by atoms with van der Waals surface area (Å²) in [6, 6.07) is 5.30. The summed E-state index contributed by atoms with van der Waals surface area (Å²) in [5.74, 6) is 0.358. The topological polar surface area (TPSA) is 88.9 Å². The van der Waals surface area contributed by atoms with Gasteiger partial charge in [-0.1, -0.05) is 0 Å². The molecule has 0 radical (unpaired) electrons. The Morgan fingerprint density at radius 3 is 2.62 bits per heavy atom. The maximum Gasteiger partial charge on any atom is 0.339 e. The van der Waals surface area contributed by atoms with Crippen molar-refractivity contribution in [3.63, 3.8) is 0 Å². The largest absolute Gasteiger partial charge is 0.497 e. The molecule has 2 amide bonds. The van der Waals surface area contributed by atoms with Crippen LogP contribution in [0.25, 0.3) is 11.0 Å². The molecule has 0 spiro atoms. The molecule has 2 aromatic rings. The van der Waals surface area contributed by atoms with E-state index in [0.29, 0.717) is 16.9 Å². The average Bonchev–Trinajstić information content (AvgIpc) is 2.60. The van der Waals surface area contributed by atoms with Gasteiger partial charge >= 0.3 is 5.63 Å². The normalized spacial score (nSPS) is 10.6. The number of benzene rings is 1. The van der Waals surface area contributed by atoms with Crippen LogP contribution in [0.1, 0.15) is 24.0 Å². The van der Waals surface area contributed by atoms with Crippen LogP contribution < -0.4 is 15.7 Å². The number of hydrogen-bond acceptors (Lipinski definition) is 5. The van der Waals surface area contributed by atoms with Crippen molar-refractivity contribution < 1.29 is 18.7 Å². The number of carbonyl (C=O) groups is 2. The molecule has 1 heterocycles. The number of carbonyl (C=O) groups excluding carboxylic acids is 2. The molecule has 7 nitrogen and oxygen atoms in total. The summed E-state index contributed by atoms with van der Waals surface area (Å²) in [6.07, 6.45) is 0.685. The second-order valence-corrected chi connectivity index (χ2v) is 6.24. The third-order valence-electron chi connectivity index (χ3n) is 4.26. The predicted octanol–water partition coefficient (Wildman–Crippen LogP) is 1.64. The van der Waals surface area contributed by atoms with Crippen molar-refractivity contribution in [2.45, 2.75) is 26.2 Å². The number of hydrogen-bond donors (Lipinski definition) is 1. The van der Waals surface area contributed by atoms with Crippen molar-refractivity contribution in [2.75, 3.05) is 27.7 Å². The summed E-state index contributed by atoms with van der Waals surface area (Å²) in [6.45, 7) is 2.12. The van der Waals surface area contributed by atoms with Crippen LogP contribution in [0, 0.1) is 6.92 Å². The van der Waals surface area contributed by atoms with Gasteiger partial charge in [-0.05, 0) is 31.0 Å². The van der Waals surface area contributed by atoms with E-state index in [9.17, 15) is 14.4 Å². The van der Waals surface area contributed by atoms with Crippen LogP contribution >= 0.6 is 0 Å². The van der Waals surface area contributed by atoms with Crippen molar-refractivity contribution in [3.8, 4) is 5.75 Å². The molecule has 0 aliphatic rings. The number of methoxy groups -OCH3 is 1. The highest BCUT2D eigenvalue weighted by Gasteiger charge is 2.14. The molecule has 0 fully saturated rings. The fourth-order valence-electron chi connectivity index (χ4n) is 2.65. The zero-order chi connectivity index (χ0) is 19.3. The highest BCUT2D eigenvalue weighted by atomic mass is 16.5. The first-order chi connectivity index (χ1) is 12.3. The third-order valence-corrected chi connectivity index (χ3v) is 4.26. The van der Waals surface area contributed by atoms with E-state index in [-0.39, 0.29) is 37.6 Å². The van der Waals surface area contributed by atoms with Gasteiger partial charge in [0.15, 0.2) is 0 Å². The Morgan fingerprint density at radius 1 is 1.23 bits per heavy atom. The van der Waals surface area contributed by atoms with E-state index in [4.69, 9.17) is 9.15 Å². The van der Waals surface area contributed by atoms with Gasteiger partial charge in [0.2, 0.25) is 11.8 Å². The zero-order valence-corrected chi connectivity index (χ0v) is 15.5. The summed E-state index contributed by atoms with van der Waals surface area (Å²) in [5, 5.41) is 3.51. The SMILES string of the molecule is COc1ccc2c(C)c(CCC(=O)NCCC(=O)N(C)C)c(=O)oc2c1. The lowest BCUT2D eigenvalue weighted by Gasteiger charge is -2.11. The smallest absolute Gasteiger partial charge is 0.339 e. The number of aryl methyl sites for hydroxylation is 1. The molecule has 0 bridgehead atoms. The maximum absolute atomic E-state index is 12.3. The molecule has 0 saturated heterocycles. The first-order valence-corrected chi connectivity index (χ1v) is 8.40. The number of amides is 2. The van der Waals surface area contributed by atoms with Crippen LogP contribution in [0.15, 0.2) is 27.4 Å². The lowest BCUT2D eigenvalue weighted by atomic mass is 10.0. The molecule has 26 heavy (non-hydrogen) atoms. The number of rotatable bonds is 7. The molecule has 140 valence electrons. The molecule has 1 aromatic heterocycles. The minimum Gasteiger partial charge on any atom is -0.497 e. The van der Waals surface area contributed by atoms with Crippen molar-refractivity contribution in [1.82, 2.24) is 10.2 Å². The van der Waals surface area contributed by atoms with Crippen LogP contribution in [0.5, 0.6) is 5.75 Å². The number of nitrogens with one attached hydrogen (secondary N) is 1. The maximum atomic E-state index is 12.3. The Morgan fingerprint density at radius 2 is 1.96 bits per heavy atom. The van der Waals surface area contributed by atoms with Gasteiger partial charge in [-0.25, -0.2) is 4.79 Å². The van der Waals surface area contributed by atoms with Crippen molar-refractivity contribution in [3.05, 3.63) is 39.7 Å². The molecule has 0 saturated carbocycles. The molecule has 1 aromatic carbocycles. The number of ether oxygens (including phenoxy) is 1. The van der Waals surface area contributed by atoms with Crippen LogP contribution in [0.3, 0.4) is 0 Å². The van der Waals surface area contributed by atoms with Gasteiger partial charge in [-0.15, -0.1) is 0 Å². The van der Waals surface area contributed by atoms with E-state index >= 15 is 0 Å². The summed E-state index contributed by atoms with van der Waals surface area (Å²) in [4.78, 5) is 37.2. The fourth-order valence-corrected chi connectivity index (χ4v) is 2.65. The van der Waals surface area contributed by atoms with Gasteiger partial charge in [0.25, 0.3) is 0 Å². The van der Waals surface area contributed by atoms with Gasteiger partial charge in [-0.3, -0.25) is 9.59 Å². The van der Waals surface area contributed by atoms with Crippen molar-refractivity contribution in [2.24, 2.45) is 0 Å². The quantitative estimate of drug-likeness (QED) is 0.758. The highest BCUT2D eigenvalue weighted by Crippen LogP contribution is 2.24. The molecule has 1 N–H and O–H groups in total. The molecule has 7 heteroatoms. The Kier molecular flexibility index (Phi) is 6.38. The number of fused-ring (bicyclic) bond motifs is 1. The highest BCUT2D eigenvalue weighted by molar-refractivity contribution is 5.83. The van der Waals surface area contributed by atoms with E-state index < -0.39 is 5.63 Å². The summed E-state index contributed by atoms with van der Waals surface area (Å²) in [7, 11) is 4.88. The summed E-state index contributed by atoms with van der Waals surface area (Å²) in [5.41, 5.74) is 1.30. The Balaban J connectivity index is 2.03. The molecule has 0 aliphatic heterocycles. The van der Waals surface area contributed by atoms with Gasteiger partial charge in [-0.2, -0.15) is 0 Å². The molecular formula is C19H24N2O5. The molecule has 0 atom stereocenters. The third kappa shape index (κ3) is 4.62. The molecule has 2 rings (SSSR count). The summed E-state index contributed by atoms with van der Waals surface area (Å²) < 4.78 is 10.5. The van der Waals surface area contributed by atoms with Crippen LogP contribution in [0.2, 0.25) is 0 Å². The van der Waals surface area contributed by atoms with E-state index in [1.54, 1.807) is 33.3 Å². The molecule has 0 aliphatic carbocycles. The summed E-state index contributed by atoms with van der Waals surface area (Å²) >= 11 is 0. The van der Waals surface area contributed by atoms with E-state index in [0.717, 1.165) is 10.9 Å². The van der Waals surface area contributed by atoms with Gasteiger partial charge < -0.3 is 19.4 Å². The standard InChI is InChI=1S/C19H24N2O5/c1-12-14-6-5-13(25-4)11-16(14)26-19(24)15(12)7-8-17(22)20-10-9-18(23)21(2)3/h5-6,11H,7-10H2,1-4H3,(H,20,22). The van der Waals surface area contributed by atoms with Gasteiger partial charge in [0.05, 0.1) is 7.11 Å². The van der Waals surface area contributed by atoms with E-state index in [1.165, 1.54) is 4.90 Å². The molecule has 0 unspecified atom stereocenters. The lowest BCUT2D eigenvalue weighted by Crippen LogP contribution is -2.30. The first-order valence-electron chi connectivity index (χ1n) is 8.40. The van der Waals surface area contributed by atoms with Crippen molar-refractivity contribution in [1.29, 1.82) is 0 Å².